The number of ether oxygens (including phenoxy) is 1. The average Bonchev–Trinajstić information content (AvgIpc) is 2.36. The molecule has 0 saturated carbocycles. The van der Waals surface area contributed by atoms with Gasteiger partial charge in [0.1, 0.15) is 0 Å². The standard InChI is InChI=1S/C14H15ClN2O3/c1-8(9-6-16-7-9)13(18)17-12-5-10(15)3-4-11(12)14(19)20-2/h3-5,16H,6-7H2,1-2H3,(H,17,18). The Bertz CT molecular complexity index is 590. The van der Waals surface area contributed by atoms with Crippen molar-refractivity contribution in [1.82, 2.24) is 5.32 Å². The number of benzene rings is 1. The molecular weight excluding hydrogens is 280 g/mol. The number of nitrogens with one attached hydrogen (secondary N) is 2. The maximum absolute atomic E-state index is 12.1. The summed E-state index contributed by atoms with van der Waals surface area (Å²) in [7, 11) is 1.29. The van der Waals surface area contributed by atoms with Crippen LogP contribution in [-0.2, 0) is 9.53 Å². The molecule has 1 aromatic rings. The zero-order valence-corrected chi connectivity index (χ0v) is 12.0. The molecule has 1 aliphatic heterocycles. The van der Waals surface area contributed by atoms with E-state index in [1.165, 1.54) is 19.2 Å². The van der Waals surface area contributed by atoms with Crippen molar-refractivity contribution in [2.75, 3.05) is 25.5 Å². The van der Waals surface area contributed by atoms with Gasteiger partial charge in [-0.05, 0) is 30.7 Å². The molecule has 2 rings (SSSR count). The van der Waals surface area contributed by atoms with E-state index in [0.29, 0.717) is 16.3 Å². The fourth-order valence-electron chi connectivity index (χ4n) is 1.80. The lowest BCUT2D eigenvalue weighted by Crippen LogP contribution is -2.36. The van der Waals surface area contributed by atoms with Crippen molar-refractivity contribution in [3.8, 4) is 0 Å². The van der Waals surface area contributed by atoms with Crippen LogP contribution in [0.15, 0.2) is 29.3 Å². The Morgan fingerprint density at radius 2 is 2.05 bits per heavy atom. The van der Waals surface area contributed by atoms with E-state index in [-0.39, 0.29) is 11.5 Å². The van der Waals surface area contributed by atoms with E-state index in [0.717, 1.165) is 18.7 Å². The second-order valence-corrected chi connectivity index (χ2v) is 4.90. The molecule has 0 unspecified atom stereocenters. The highest BCUT2D eigenvalue weighted by Crippen LogP contribution is 2.23. The van der Waals surface area contributed by atoms with Gasteiger partial charge in [0.25, 0.3) is 5.91 Å². The van der Waals surface area contributed by atoms with E-state index in [9.17, 15) is 9.59 Å². The smallest absolute Gasteiger partial charge is 0.339 e. The fraction of sp³-hybridized carbons (Fsp3) is 0.286. The summed E-state index contributed by atoms with van der Waals surface area (Å²) < 4.78 is 4.68. The van der Waals surface area contributed by atoms with Gasteiger partial charge in [-0.2, -0.15) is 0 Å². The average molecular weight is 295 g/mol. The predicted octanol–water partition coefficient (Wildman–Crippen LogP) is 1.98. The number of rotatable bonds is 3. The summed E-state index contributed by atoms with van der Waals surface area (Å²) in [4.78, 5) is 23.8. The highest BCUT2D eigenvalue weighted by molar-refractivity contribution is 6.31. The van der Waals surface area contributed by atoms with Gasteiger partial charge in [0.2, 0.25) is 0 Å². The number of hydrogen-bond donors (Lipinski definition) is 2. The Labute approximate surface area is 121 Å². The summed E-state index contributed by atoms with van der Waals surface area (Å²) in [5.74, 6) is -0.762. The number of anilines is 1. The van der Waals surface area contributed by atoms with Crippen LogP contribution >= 0.6 is 11.6 Å². The quantitative estimate of drug-likeness (QED) is 0.661. The molecule has 1 amide bonds. The van der Waals surface area contributed by atoms with Gasteiger partial charge in [-0.25, -0.2) is 4.79 Å². The third-order valence-corrected chi connectivity index (χ3v) is 3.42. The van der Waals surface area contributed by atoms with E-state index < -0.39 is 5.97 Å². The molecule has 6 heteroatoms. The lowest BCUT2D eigenvalue weighted by molar-refractivity contribution is -0.112. The van der Waals surface area contributed by atoms with Crippen molar-refractivity contribution < 1.29 is 14.3 Å². The van der Waals surface area contributed by atoms with E-state index in [4.69, 9.17) is 11.6 Å². The third-order valence-electron chi connectivity index (χ3n) is 3.18. The van der Waals surface area contributed by atoms with Crippen LogP contribution in [0.25, 0.3) is 0 Å². The molecule has 0 atom stereocenters. The topological polar surface area (TPSA) is 67.4 Å². The number of halogens is 1. The van der Waals surface area contributed by atoms with Gasteiger partial charge < -0.3 is 15.4 Å². The van der Waals surface area contributed by atoms with Gasteiger partial charge in [-0.3, -0.25) is 4.79 Å². The Kier molecular flexibility index (Phi) is 4.42. The fourth-order valence-corrected chi connectivity index (χ4v) is 1.97. The Morgan fingerprint density at radius 1 is 1.35 bits per heavy atom. The molecule has 1 aromatic carbocycles. The molecule has 106 valence electrons. The van der Waals surface area contributed by atoms with Crippen LogP contribution < -0.4 is 10.6 Å². The van der Waals surface area contributed by atoms with Crippen molar-refractivity contribution in [2.24, 2.45) is 0 Å². The van der Waals surface area contributed by atoms with E-state index in [2.05, 4.69) is 15.4 Å². The van der Waals surface area contributed by atoms with Crippen LogP contribution in [0.2, 0.25) is 5.02 Å². The molecule has 0 bridgehead atoms. The first-order valence-corrected chi connectivity index (χ1v) is 6.49. The molecule has 0 aliphatic carbocycles. The van der Waals surface area contributed by atoms with E-state index in [1.54, 1.807) is 13.0 Å². The zero-order chi connectivity index (χ0) is 14.7. The van der Waals surface area contributed by atoms with Gasteiger partial charge in [0, 0.05) is 23.7 Å². The molecule has 20 heavy (non-hydrogen) atoms. The Morgan fingerprint density at radius 3 is 2.60 bits per heavy atom. The van der Waals surface area contributed by atoms with Gasteiger partial charge in [0.05, 0.1) is 18.4 Å². The molecule has 1 fully saturated rings. The predicted molar refractivity (Wildman–Crippen MR) is 77.0 cm³/mol. The monoisotopic (exact) mass is 294 g/mol. The molecule has 1 heterocycles. The highest BCUT2D eigenvalue weighted by Gasteiger charge is 2.19. The minimum absolute atomic E-state index is 0.242. The second kappa shape index (κ2) is 6.07. The van der Waals surface area contributed by atoms with Gasteiger partial charge in [-0.15, -0.1) is 0 Å². The number of esters is 1. The first kappa shape index (κ1) is 14.6. The first-order valence-electron chi connectivity index (χ1n) is 6.11. The van der Waals surface area contributed by atoms with Gasteiger partial charge >= 0.3 is 5.97 Å². The minimum Gasteiger partial charge on any atom is -0.465 e. The lowest BCUT2D eigenvalue weighted by Gasteiger charge is -2.21. The summed E-state index contributed by atoms with van der Waals surface area (Å²) >= 11 is 5.90. The van der Waals surface area contributed by atoms with Crippen LogP contribution in [0.4, 0.5) is 5.69 Å². The molecule has 2 N–H and O–H groups in total. The van der Waals surface area contributed by atoms with Crippen LogP contribution in [0.3, 0.4) is 0 Å². The maximum atomic E-state index is 12.1. The molecular formula is C14H15ClN2O3. The zero-order valence-electron chi connectivity index (χ0n) is 11.2. The van der Waals surface area contributed by atoms with Crippen molar-refractivity contribution >= 4 is 29.2 Å². The number of methoxy groups -OCH3 is 1. The van der Waals surface area contributed by atoms with Crippen molar-refractivity contribution in [1.29, 1.82) is 0 Å². The van der Waals surface area contributed by atoms with E-state index >= 15 is 0 Å². The summed E-state index contributed by atoms with van der Waals surface area (Å²) in [6.45, 7) is 3.20. The Hall–Kier alpha value is -1.85. The summed E-state index contributed by atoms with van der Waals surface area (Å²) in [6, 6.07) is 4.63. The lowest BCUT2D eigenvalue weighted by atomic mass is 10.0. The van der Waals surface area contributed by atoms with Crippen molar-refractivity contribution in [3.63, 3.8) is 0 Å². The number of carbonyl (C=O) groups excluding carboxylic acids is 2. The van der Waals surface area contributed by atoms with Crippen LogP contribution in [0, 0.1) is 0 Å². The SMILES string of the molecule is COC(=O)c1ccc(Cl)cc1NC(=O)C(C)=C1CNC1. The number of hydrogen-bond acceptors (Lipinski definition) is 4. The largest absolute Gasteiger partial charge is 0.465 e. The second-order valence-electron chi connectivity index (χ2n) is 4.47. The Balaban J connectivity index is 2.26. The number of amides is 1. The molecule has 0 aromatic heterocycles. The van der Waals surface area contributed by atoms with Gasteiger partial charge in [-0.1, -0.05) is 11.6 Å². The van der Waals surface area contributed by atoms with Crippen molar-refractivity contribution in [3.05, 3.63) is 39.9 Å². The van der Waals surface area contributed by atoms with Crippen LogP contribution in [0.5, 0.6) is 0 Å². The first-order chi connectivity index (χ1) is 9.52. The minimum atomic E-state index is -0.521. The highest BCUT2D eigenvalue weighted by atomic mass is 35.5. The maximum Gasteiger partial charge on any atom is 0.339 e. The van der Waals surface area contributed by atoms with Crippen LogP contribution in [-0.4, -0.2) is 32.1 Å². The summed E-state index contributed by atoms with van der Waals surface area (Å²) in [5, 5.41) is 6.22. The molecule has 1 aliphatic rings. The normalized spacial score (nSPS) is 13.4. The van der Waals surface area contributed by atoms with Crippen LogP contribution in [0.1, 0.15) is 17.3 Å². The number of carbonyl (C=O) groups is 2. The molecule has 5 nitrogen and oxygen atoms in total. The molecule has 0 radical (unpaired) electrons. The van der Waals surface area contributed by atoms with Crippen molar-refractivity contribution in [2.45, 2.75) is 6.92 Å². The molecule has 0 spiro atoms. The van der Waals surface area contributed by atoms with Gasteiger partial charge in [0.15, 0.2) is 0 Å². The summed E-state index contributed by atoms with van der Waals surface area (Å²) in [6.07, 6.45) is 0. The van der Waals surface area contributed by atoms with E-state index in [1.807, 2.05) is 0 Å². The molecule has 1 saturated heterocycles. The summed E-state index contributed by atoms with van der Waals surface area (Å²) in [5.41, 5.74) is 2.33. The third kappa shape index (κ3) is 3.00.